The van der Waals surface area contributed by atoms with E-state index in [1.165, 1.54) is 135 Å². The first-order valence-electron chi connectivity index (χ1n) is 28.0. The Hall–Kier alpha value is -1.93. The molecule has 398 valence electrons. The van der Waals surface area contributed by atoms with E-state index < -0.39 is 74.2 Å². The molecular formula is C57H105NO10. The molecule has 1 fully saturated rings. The zero-order valence-electron chi connectivity index (χ0n) is 43.3. The zero-order chi connectivity index (χ0) is 49.7. The summed E-state index contributed by atoms with van der Waals surface area (Å²) in [6, 6.07) is -1.20. The lowest BCUT2D eigenvalue weighted by Crippen LogP contribution is -2.60. The highest BCUT2D eigenvalue weighted by Crippen LogP contribution is 2.23. The largest absolute Gasteiger partial charge is 0.394 e. The van der Waals surface area contributed by atoms with Crippen LogP contribution in [-0.2, 0) is 14.3 Å². The maximum atomic E-state index is 13.0. The first-order valence-corrected chi connectivity index (χ1v) is 28.0. The van der Waals surface area contributed by atoms with Gasteiger partial charge in [-0.05, 0) is 83.5 Å². The quantitative estimate of drug-likeness (QED) is 0.0215. The van der Waals surface area contributed by atoms with Crippen molar-refractivity contribution in [1.82, 2.24) is 5.32 Å². The topological polar surface area (TPSA) is 189 Å². The van der Waals surface area contributed by atoms with Crippen LogP contribution in [0.2, 0.25) is 0 Å². The van der Waals surface area contributed by atoms with Crippen molar-refractivity contribution >= 4 is 5.91 Å². The number of carbonyl (C=O) groups is 1. The van der Waals surface area contributed by atoms with Gasteiger partial charge in [-0.15, -0.1) is 0 Å². The van der Waals surface area contributed by atoms with Gasteiger partial charge in [-0.3, -0.25) is 4.79 Å². The predicted octanol–water partition coefficient (Wildman–Crippen LogP) is 11.3. The molecule has 0 aliphatic carbocycles. The lowest BCUT2D eigenvalue weighted by molar-refractivity contribution is -0.303. The highest BCUT2D eigenvalue weighted by Gasteiger charge is 2.44. The van der Waals surface area contributed by atoms with Crippen LogP contribution >= 0.6 is 0 Å². The second kappa shape index (κ2) is 46.2. The van der Waals surface area contributed by atoms with Crippen LogP contribution in [0.3, 0.4) is 0 Å². The van der Waals surface area contributed by atoms with E-state index in [-0.39, 0.29) is 12.8 Å². The standard InChI is InChI=1S/C57H105NO10/c1-3-5-7-9-11-13-14-15-16-17-18-19-20-21-22-23-24-25-26-27-28-29-30-31-32-33-34-35-37-38-40-42-44-49(60)52(62)48(47-67-57-55(65)54(64)53(63)51(46-59)68-57)58-56(66)50(61)45-43-41-39-36-12-10-8-6-4-2/h10,12,28-29,32-33,37-38,48-55,57,59-65H,3-9,11,13-27,30-31,34-36,39-47H2,1-2H3,(H,58,66)/b12-10-,29-28+,33-32+,38-37+. The third-order valence-electron chi connectivity index (χ3n) is 13.3. The van der Waals surface area contributed by atoms with Gasteiger partial charge in [0.25, 0.3) is 0 Å². The number of allylic oxidation sites excluding steroid dienone is 8. The second-order valence-electron chi connectivity index (χ2n) is 19.6. The molecule has 1 rings (SSSR count). The van der Waals surface area contributed by atoms with Crippen molar-refractivity contribution in [3.05, 3.63) is 48.6 Å². The van der Waals surface area contributed by atoms with Gasteiger partial charge >= 0.3 is 0 Å². The number of amides is 1. The lowest BCUT2D eigenvalue weighted by atomic mass is 9.98. The van der Waals surface area contributed by atoms with E-state index >= 15 is 0 Å². The molecule has 8 N–H and O–H groups in total. The summed E-state index contributed by atoms with van der Waals surface area (Å²) in [5.74, 6) is -0.729. The fraction of sp³-hybridized carbons (Fsp3) is 0.842. The van der Waals surface area contributed by atoms with Gasteiger partial charge in [-0.25, -0.2) is 0 Å². The molecule has 1 aliphatic heterocycles. The SMILES string of the molecule is CCCC/C=C\CCCCCC(O)C(=O)NC(COC1OC(CO)C(O)C(O)C1O)C(O)C(O)CCC/C=C/CC/C=C/CC/C=C/CCCCCCCCCCCCCCCCCCCCC. The van der Waals surface area contributed by atoms with E-state index in [9.17, 15) is 40.5 Å². The van der Waals surface area contributed by atoms with Crippen LogP contribution in [0.1, 0.15) is 239 Å². The molecule has 0 saturated carbocycles. The Morgan fingerprint density at radius 2 is 0.897 bits per heavy atom. The maximum Gasteiger partial charge on any atom is 0.249 e. The van der Waals surface area contributed by atoms with Crippen molar-refractivity contribution in [3.63, 3.8) is 0 Å². The Balaban J connectivity index is 2.25. The molecule has 11 heteroatoms. The predicted molar refractivity (Wildman–Crippen MR) is 279 cm³/mol. The van der Waals surface area contributed by atoms with Crippen molar-refractivity contribution in [2.75, 3.05) is 13.2 Å². The number of ether oxygens (including phenoxy) is 2. The van der Waals surface area contributed by atoms with E-state index in [0.29, 0.717) is 19.3 Å². The monoisotopic (exact) mass is 964 g/mol. The Morgan fingerprint density at radius 1 is 0.500 bits per heavy atom. The van der Waals surface area contributed by atoms with Crippen LogP contribution in [0, 0.1) is 0 Å². The van der Waals surface area contributed by atoms with Gasteiger partial charge in [0.15, 0.2) is 6.29 Å². The number of aliphatic hydroxyl groups is 7. The van der Waals surface area contributed by atoms with E-state index in [1.54, 1.807) is 0 Å². The van der Waals surface area contributed by atoms with Crippen LogP contribution in [-0.4, -0.2) is 110 Å². The lowest BCUT2D eigenvalue weighted by Gasteiger charge is -2.40. The summed E-state index contributed by atoms with van der Waals surface area (Å²) in [6.45, 7) is 3.36. The van der Waals surface area contributed by atoms with E-state index in [4.69, 9.17) is 9.47 Å². The molecule has 9 atom stereocenters. The molecule has 0 bridgehead atoms. The molecule has 0 aromatic carbocycles. The van der Waals surface area contributed by atoms with Gasteiger partial charge in [0, 0.05) is 0 Å². The molecule has 9 unspecified atom stereocenters. The average Bonchev–Trinajstić information content (AvgIpc) is 3.34. The van der Waals surface area contributed by atoms with Crippen LogP contribution in [0.25, 0.3) is 0 Å². The van der Waals surface area contributed by atoms with Gasteiger partial charge < -0.3 is 50.5 Å². The number of hydrogen-bond acceptors (Lipinski definition) is 10. The van der Waals surface area contributed by atoms with Crippen molar-refractivity contribution in [1.29, 1.82) is 0 Å². The molecule has 0 aromatic rings. The highest BCUT2D eigenvalue weighted by molar-refractivity contribution is 5.80. The summed E-state index contributed by atoms with van der Waals surface area (Å²) in [5.41, 5.74) is 0. The van der Waals surface area contributed by atoms with E-state index in [0.717, 1.165) is 57.8 Å². The Bertz CT molecular complexity index is 1240. The molecule has 0 radical (unpaired) electrons. The first-order chi connectivity index (χ1) is 33.2. The number of aliphatic hydroxyl groups excluding tert-OH is 7. The second-order valence-corrected chi connectivity index (χ2v) is 19.6. The summed E-state index contributed by atoms with van der Waals surface area (Å²) < 4.78 is 11.1. The summed E-state index contributed by atoms with van der Waals surface area (Å²) >= 11 is 0. The molecule has 1 heterocycles. The minimum Gasteiger partial charge on any atom is -0.394 e. The highest BCUT2D eigenvalue weighted by atomic mass is 16.7. The average molecular weight is 964 g/mol. The third kappa shape index (κ3) is 34.4. The smallest absolute Gasteiger partial charge is 0.249 e. The van der Waals surface area contributed by atoms with Crippen LogP contribution in [0.15, 0.2) is 48.6 Å². The zero-order valence-corrected chi connectivity index (χ0v) is 43.3. The Kier molecular flexibility index (Phi) is 43.5. The van der Waals surface area contributed by atoms with Gasteiger partial charge in [-0.2, -0.15) is 0 Å². The molecule has 0 aromatic heterocycles. The fourth-order valence-corrected chi connectivity index (χ4v) is 8.69. The van der Waals surface area contributed by atoms with Crippen LogP contribution in [0.4, 0.5) is 0 Å². The molecule has 1 amide bonds. The number of carbonyl (C=O) groups excluding carboxylic acids is 1. The van der Waals surface area contributed by atoms with Gasteiger partial charge in [0.1, 0.15) is 36.6 Å². The number of unbranched alkanes of at least 4 members (excludes halogenated alkanes) is 27. The van der Waals surface area contributed by atoms with Gasteiger partial charge in [0.2, 0.25) is 5.91 Å². The maximum absolute atomic E-state index is 13.0. The number of hydrogen-bond donors (Lipinski definition) is 8. The molecule has 68 heavy (non-hydrogen) atoms. The summed E-state index contributed by atoms with van der Waals surface area (Å²) in [4.78, 5) is 13.0. The fourth-order valence-electron chi connectivity index (χ4n) is 8.69. The summed E-state index contributed by atoms with van der Waals surface area (Å²) in [7, 11) is 0. The minimum absolute atomic E-state index is 0.226. The number of rotatable bonds is 47. The first kappa shape index (κ1) is 64.1. The molecular weight excluding hydrogens is 859 g/mol. The molecule has 1 aliphatic rings. The van der Waals surface area contributed by atoms with Crippen molar-refractivity contribution in [3.8, 4) is 0 Å². The van der Waals surface area contributed by atoms with Crippen molar-refractivity contribution in [2.24, 2.45) is 0 Å². The number of nitrogens with one attached hydrogen (secondary N) is 1. The molecule has 0 spiro atoms. The summed E-state index contributed by atoms with van der Waals surface area (Å²) in [5, 5.41) is 75.6. The molecule has 1 saturated heterocycles. The van der Waals surface area contributed by atoms with Gasteiger partial charge in [-0.1, -0.05) is 204 Å². The summed E-state index contributed by atoms with van der Waals surface area (Å²) in [6.07, 6.45) is 46.5. The van der Waals surface area contributed by atoms with E-state index in [1.807, 2.05) is 0 Å². The molecule has 11 nitrogen and oxygen atoms in total. The van der Waals surface area contributed by atoms with E-state index in [2.05, 4.69) is 67.8 Å². The third-order valence-corrected chi connectivity index (χ3v) is 13.3. The Labute approximate surface area is 415 Å². The van der Waals surface area contributed by atoms with Crippen molar-refractivity contribution < 1.29 is 50.0 Å². The van der Waals surface area contributed by atoms with Crippen LogP contribution < -0.4 is 5.32 Å². The van der Waals surface area contributed by atoms with Gasteiger partial charge in [0.05, 0.1) is 25.4 Å². The van der Waals surface area contributed by atoms with Crippen molar-refractivity contribution in [2.45, 2.75) is 294 Å². The Morgan fingerprint density at radius 3 is 1.35 bits per heavy atom. The normalized spacial score (nSPS) is 20.9. The minimum atomic E-state index is -1.68. The van der Waals surface area contributed by atoms with Crippen LogP contribution in [0.5, 0.6) is 0 Å².